The molecule has 1 aliphatic heterocycles. The Balaban J connectivity index is 2.35. The van der Waals surface area contributed by atoms with E-state index in [1.807, 2.05) is 31.1 Å². The fourth-order valence-corrected chi connectivity index (χ4v) is 2.82. The smallest absolute Gasteiger partial charge is 0.246 e. The molecule has 4 nitrogen and oxygen atoms in total. The van der Waals surface area contributed by atoms with Crippen molar-refractivity contribution in [2.75, 3.05) is 30.9 Å². The van der Waals surface area contributed by atoms with Crippen molar-refractivity contribution in [2.45, 2.75) is 19.4 Å². The van der Waals surface area contributed by atoms with Crippen molar-refractivity contribution in [3.63, 3.8) is 0 Å². The van der Waals surface area contributed by atoms with Crippen LogP contribution in [-0.2, 0) is 4.79 Å². The van der Waals surface area contributed by atoms with Crippen molar-refractivity contribution in [3.05, 3.63) is 22.2 Å². The Morgan fingerprint density at radius 3 is 2.78 bits per heavy atom. The summed E-state index contributed by atoms with van der Waals surface area (Å²) in [7, 11) is 3.96. The number of amides is 1. The van der Waals surface area contributed by atoms with E-state index in [0.717, 1.165) is 34.4 Å². The highest BCUT2D eigenvalue weighted by Gasteiger charge is 2.30. The molecule has 1 heterocycles. The second kappa shape index (κ2) is 5.28. The van der Waals surface area contributed by atoms with E-state index in [1.54, 1.807) is 0 Å². The zero-order valence-corrected chi connectivity index (χ0v) is 12.5. The topological polar surface area (TPSA) is 44.4 Å². The van der Waals surface area contributed by atoms with E-state index in [-0.39, 0.29) is 11.9 Å². The van der Waals surface area contributed by atoms with Crippen LogP contribution in [0.3, 0.4) is 0 Å². The number of anilines is 2. The van der Waals surface area contributed by atoms with Gasteiger partial charge < -0.3 is 15.5 Å². The Labute approximate surface area is 116 Å². The molecule has 1 unspecified atom stereocenters. The SMILES string of the molecule is CCCNC1C(=O)Nc2cc(N(C)C)c(Br)cc21. The van der Waals surface area contributed by atoms with Crippen LogP contribution in [0.5, 0.6) is 0 Å². The predicted molar refractivity (Wildman–Crippen MR) is 78.1 cm³/mol. The normalized spacial score (nSPS) is 17.6. The number of hydrogen-bond donors (Lipinski definition) is 2. The highest BCUT2D eigenvalue weighted by Crippen LogP contribution is 2.38. The number of benzene rings is 1. The Kier molecular flexibility index (Phi) is 3.92. The first-order chi connectivity index (χ1) is 8.54. The van der Waals surface area contributed by atoms with Gasteiger partial charge in [0.05, 0.1) is 5.69 Å². The molecule has 0 aliphatic carbocycles. The summed E-state index contributed by atoms with van der Waals surface area (Å²) in [6.45, 7) is 2.93. The van der Waals surface area contributed by atoms with Gasteiger partial charge in [0.2, 0.25) is 5.91 Å². The molecule has 0 saturated heterocycles. The Morgan fingerprint density at radius 1 is 1.44 bits per heavy atom. The summed E-state index contributed by atoms with van der Waals surface area (Å²) in [5, 5.41) is 6.20. The summed E-state index contributed by atoms with van der Waals surface area (Å²) in [5.41, 5.74) is 2.98. The number of nitrogens with one attached hydrogen (secondary N) is 2. The number of hydrogen-bond acceptors (Lipinski definition) is 3. The van der Waals surface area contributed by atoms with Gasteiger partial charge in [-0.2, -0.15) is 0 Å². The first-order valence-corrected chi connectivity index (χ1v) is 6.89. The second-order valence-electron chi connectivity index (χ2n) is 4.66. The van der Waals surface area contributed by atoms with Crippen molar-refractivity contribution in [3.8, 4) is 0 Å². The molecule has 18 heavy (non-hydrogen) atoms. The molecule has 98 valence electrons. The molecule has 0 spiro atoms. The van der Waals surface area contributed by atoms with Crippen LogP contribution in [0.25, 0.3) is 0 Å². The average Bonchev–Trinajstić information content (AvgIpc) is 2.60. The van der Waals surface area contributed by atoms with Crippen LogP contribution >= 0.6 is 15.9 Å². The Hall–Kier alpha value is -1.07. The number of halogens is 1. The molecular formula is C13H18BrN3O. The van der Waals surface area contributed by atoms with E-state index in [0.29, 0.717) is 0 Å². The van der Waals surface area contributed by atoms with Crippen molar-refractivity contribution in [2.24, 2.45) is 0 Å². The molecule has 0 radical (unpaired) electrons. The van der Waals surface area contributed by atoms with Gasteiger partial charge in [-0.3, -0.25) is 4.79 Å². The highest BCUT2D eigenvalue weighted by atomic mass is 79.9. The lowest BCUT2D eigenvalue weighted by molar-refractivity contribution is -0.117. The van der Waals surface area contributed by atoms with E-state index < -0.39 is 0 Å². The zero-order chi connectivity index (χ0) is 13.3. The molecule has 1 aromatic carbocycles. The van der Waals surface area contributed by atoms with Gasteiger partial charge in [-0.15, -0.1) is 0 Å². The number of nitrogens with zero attached hydrogens (tertiary/aromatic N) is 1. The largest absolute Gasteiger partial charge is 0.377 e. The third-order valence-corrected chi connectivity index (χ3v) is 3.67. The minimum absolute atomic E-state index is 0.0289. The minimum Gasteiger partial charge on any atom is -0.377 e. The van der Waals surface area contributed by atoms with E-state index in [4.69, 9.17) is 0 Å². The molecule has 1 aliphatic rings. The van der Waals surface area contributed by atoms with E-state index >= 15 is 0 Å². The quantitative estimate of drug-likeness (QED) is 0.898. The van der Waals surface area contributed by atoms with Gasteiger partial charge in [-0.05, 0) is 41.0 Å². The summed E-state index contributed by atoms with van der Waals surface area (Å²) in [4.78, 5) is 13.9. The maximum Gasteiger partial charge on any atom is 0.246 e. The van der Waals surface area contributed by atoms with Crippen LogP contribution in [0.4, 0.5) is 11.4 Å². The third-order valence-electron chi connectivity index (χ3n) is 3.03. The highest BCUT2D eigenvalue weighted by molar-refractivity contribution is 9.10. The van der Waals surface area contributed by atoms with Crippen LogP contribution in [0.1, 0.15) is 24.9 Å². The Bertz CT molecular complexity index is 474. The standard InChI is InChI=1S/C13H18BrN3O/c1-4-5-15-12-8-6-9(14)11(17(2)3)7-10(8)16-13(12)18/h6-7,12,15H,4-5H2,1-3H3,(H,16,18). The van der Waals surface area contributed by atoms with E-state index in [1.165, 1.54) is 0 Å². The van der Waals surface area contributed by atoms with Gasteiger partial charge in [-0.1, -0.05) is 6.92 Å². The Morgan fingerprint density at radius 2 is 2.17 bits per heavy atom. The van der Waals surface area contributed by atoms with Crippen LogP contribution in [0, 0.1) is 0 Å². The molecule has 1 amide bonds. The molecule has 0 bridgehead atoms. The molecule has 0 saturated carbocycles. The molecule has 2 rings (SSSR count). The van der Waals surface area contributed by atoms with E-state index in [2.05, 4.69) is 33.5 Å². The lowest BCUT2D eigenvalue weighted by Crippen LogP contribution is -2.28. The number of carbonyl (C=O) groups excluding carboxylic acids is 1. The lowest BCUT2D eigenvalue weighted by Gasteiger charge is -2.17. The monoisotopic (exact) mass is 311 g/mol. The van der Waals surface area contributed by atoms with Gasteiger partial charge in [0, 0.05) is 29.8 Å². The van der Waals surface area contributed by atoms with Crippen LogP contribution in [0.2, 0.25) is 0 Å². The third kappa shape index (κ3) is 2.37. The molecule has 5 heteroatoms. The summed E-state index contributed by atoms with van der Waals surface area (Å²) in [6, 6.07) is 3.80. The van der Waals surface area contributed by atoms with Crippen LogP contribution in [0.15, 0.2) is 16.6 Å². The molecule has 2 N–H and O–H groups in total. The van der Waals surface area contributed by atoms with Crippen molar-refractivity contribution in [1.29, 1.82) is 0 Å². The van der Waals surface area contributed by atoms with Gasteiger partial charge in [0.25, 0.3) is 0 Å². The summed E-state index contributed by atoms with van der Waals surface area (Å²) in [5.74, 6) is 0.0289. The minimum atomic E-state index is -0.229. The second-order valence-corrected chi connectivity index (χ2v) is 5.52. The van der Waals surface area contributed by atoms with Crippen molar-refractivity contribution >= 4 is 33.2 Å². The first kappa shape index (κ1) is 13.4. The molecule has 1 aromatic rings. The summed E-state index contributed by atoms with van der Waals surface area (Å²) < 4.78 is 1.01. The van der Waals surface area contributed by atoms with Crippen molar-refractivity contribution < 1.29 is 4.79 Å². The number of rotatable bonds is 4. The van der Waals surface area contributed by atoms with Crippen LogP contribution in [-0.4, -0.2) is 26.5 Å². The summed E-state index contributed by atoms with van der Waals surface area (Å²) in [6.07, 6.45) is 1.01. The number of carbonyl (C=O) groups is 1. The van der Waals surface area contributed by atoms with Crippen molar-refractivity contribution in [1.82, 2.24) is 5.32 Å². The predicted octanol–water partition coefficient (Wildman–Crippen LogP) is 2.51. The molecule has 1 atom stereocenters. The number of fused-ring (bicyclic) bond motifs is 1. The summed E-state index contributed by atoms with van der Waals surface area (Å²) >= 11 is 3.56. The van der Waals surface area contributed by atoms with Gasteiger partial charge in [0.1, 0.15) is 6.04 Å². The lowest BCUT2D eigenvalue weighted by atomic mass is 10.1. The molecule has 0 fully saturated rings. The first-order valence-electron chi connectivity index (χ1n) is 6.09. The van der Waals surface area contributed by atoms with Gasteiger partial charge in [0.15, 0.2) is 0 Å². The fraction of sp³-hybridized carbons (Fsp3) is 0.462. The van der Waals surface area contributed by atoms with E-state index in [9.17, 15) is 4.79 Å². The molecular weight excluding hydrogens is 294 g/mol. The van der Waals surface area contributed by atoms with Crippen LogP contribution < -0.4 is 15.5 Å². The van der Waals surface area contributed by atoms with Gasteiger partial charge in [-0.25, -0.2) is 0 Å². The maximum atomic E-state index is 11.9. The average molecular weight is 312 g/mol. The maximum absolute atomic E-state index is 11.9. The fourth-order valence-electron chi connectivity index (χ4n) is 2.10. The van der Waals surface area contributed by atoms with Gasteiger partial charge >= 0.3 is 0 Å². The molecule has 0 aromatic heterocycles. The zero-order valence-electron chi connectivity index (χ0n) is 10.9.